The van der Waals surface area contributed by atoms with Crippen molar-refractivity contribution >= 4 is 29.0 Å². The third-order valence-electron chi connectivity index (χ3n) is 4.76. The number of hydrogen-bond acceptors (Lipinski definition) is 6. The van der Waals surface area contributed by atoms with E-state index < -0.39 is 12.0 Å². The molecule has 0 spiro atoms. The number of phenolic OH excluding ortho intramolecular Hbond substituents is 1. The van der Waals surface area contributed by atoms with Gasteiger partial charge in [-0.1, -0.05) is 6.07 Å². The van der Waals surface area contributed by atoms with Crippen molar-refractivity contribution in [2.24, 2.45) is 0 Å². The molecule has 1 heterocycles. The van der Waals surface area contributed by atoms with Crippen molar-refractivity contribution in [2.75, 3.05) is 26.2 Å². The number of nitrogens with zero attached hydrogens (tertiary/aromatic N) is 1. The van der Waals surface area contributed by atoms with Crippen LogP contribution >= 0.6 is 12.2 Å². The Morgan fingerprint density at radius 1 is 1.10 bits per heavy atom. The van der Waals surface area contributed by atoms with Gasteiger partial charge in [0.25, 0.3) is 0 Å². The number of methoxy groups -OCH3 is 3. The average molecular weight is 414 g/mol. The molecular formula is C21H22N2O5S. The van der Waals surface area contributed by atoms with Crippen LogP contribution in [0.2, 0.25) is 0 Å². The quantitative estimate of drug-likeness (QED) is 0.570. The first kappa shape index (κ1) is 20.5. The molecule has 2 aromatic carbocycles. The van der Waals surface area contributed by atoms with E-state index in [9.17, 15) is 9.90 Å². The zero-order valence-corrected chi connectivity index (χ0v) is 17.4. The van der Waals surface area contributed by atoms with E-state index >= 15 is 0 Å². The van der Waals surface area contributed by atoms with Crippen LogP contribution in [0.25, 0.3) is 0 Å². The lowest BCUT2D eigenvalue weighted by Gasteiger charge is -2.37. The van der Waals surface area contributed by atoms with Gasteiger partial charge >= 0.3 is 5.97 Å². The summed E-state index contributed by atoms with van der Waals surface area (Å²) in [4.78, 5) is 14.4. The summed E-state index contributed by atoms with van der Waals surface area (Å²) in [5, 5.41) is 13.5. The van der Waals surface area contributed by atoms with Crippen LogP contribution in [-0.2, 0) is 9.53 Å². The highest BCUT2D eigenvalue weighted by molar-refractivity contribution is 7.80. The molecule has 0 amide bonds. The van der Waals surface area contributed by atoms with Crippen LogP contribution in [0.3, 0.4) is 0 Å². The van der Waals surface area contributed by atoms with Crippen LogP contribution in [0.15, 0.2) is 53.7 Å². The molecule has 3 rings (SSSR count). The Balaban J connectivity index is 2.11. The van der Waals surface area contributed by atoms with Crippen LogP contribution in [0.5, 0.6) is 17.2 Å². The van der Waals surface area contributed by atoms with Crippen LogP contribution in [0.1, 0.15) is 18.5 Å². The minimum Gasteiger partial charge on any atom is -0.504 e. The normalized spacial score (nSPS) is 16.3. The molecule has 0 aromatic heterocycles. The van der Waals surface area contributed by atoms with E-state index in [1.165, 1.54) is 20.3 Å². The highest BCUT2D eigenvalue weighted by atomic mass is 32.1. The monoisotopic (exact) mass is 414 g/mol. The molecule has 0 aliphatic carbocycles. The van der Waals surface area contributed by atoms with Crippen LogP contribution in [0.4, 0.5) is 5.69 Å². The highest BCUT2D eigenvalue weighted by Gasteiger charge is 2.35. The molecule has 0 saturated carbocycles. The van der Waals surface area contributed by atoms with Gasteiger partial charge < -0.3 is 24.6 Å². The Morgan fingerprint density at radius 3 is 2.38 bits per heavy atom. The molecule has 1 unspecified atom stereocenters. The number of esters is 1. The molecule has 0 fully saturated rings. The van der Waals surface area contributed by atoms with E-state index in [0.717, 1.165) is 5.69 Å². The number of benzene rings is 2. The Labute approximate surface area is 174 Å². The zero-order chi connectivity index (χ0) is 21.1. The number of phenols is 1. The van der Waals surface area contributed by atoms with Crippen molar-refractivity contribution in [1.29, 1.82) is 0 Å². The number of ether oxygens (including phenoxy) is 3. The summed E-state index contributed by atoms with van der Waals surface area (Å²) in [5.74, 6) is 0.547. The topological polar surface area (TPSA) is 80.3 Å². The van der Waals surface area contributed by atoms with Gasteiger partial charge in [-0.05, 0) is 61.1 Å². The van der Waals surface area contributed by atoms with Gasteiger partial charge in [0.05, 0.1) is 32.9 Å². The fraction of sp³-hybridized carbons (Fsp3) is 0.238. The summed E-state index contributed by atoms with van der Waals surface area (Å²) in [6, 6.07) is 11.7. The van der Waals surface area contributed by atoms with Crippen molar-refractivity contribution in [3.8, 4) is 17.2 Å². The molecule has 29 heavy (non-hydrogen) atoms. The van der Waals surface area contributed by atoms with E-state index in [4.69, 9.17) is 26.4 Å². The van der Waals surface area contributed by atoms with Crippen molar-refractivity contribution in [3.63, 3.8) is 0 Å². The lowest BCUT2D eigenvalue weighted by molar-refractivity contribution is -0.136. The van der Waals surface area contributed by atoms with E-state index in [2.05, 4.69) is 5.32 Å². The summed E-state index contributed by atoms with van der Waals surface area (Å²) >= 11 is 5.60. The number of allylic oxidation sites excluding steroid dienone is 1. The predicted molar refractivity (Wildman–Crippen MR) is 113 cm³/mol. The molecule has 2 aromatic rings. The Bertz CT molecular complexity index is 972. The van der Waals surface area contributed by atoms with Gasteiger partial charge in [-0.25, -0.2) is 4.79 Å². The number of carbonyl (C=O) groups is 1. The molecule has 152 valence electrons. The zero-order valence-electron chi connectivity index (χ0n) is 16.6. The van der Waals surface area contributed by atoms with Gasteiger partial charge in [0.1, 0.15) is 5.75 Å². The van der Waals surface area contributed by atoms with Crippen molar-refractivity contribution in [1.82, 2.24) is 5.32 Å². The number of carbonyl (C=O) groups excluding carboxylic acids is 1. The molecule has 1 aliphatic rings. The van der Waals surface area contributed by atoms with E-state index in [1.54, 1.807) is 24.1 Å². The second-order valence-corrected chi connectivity index (χ2v) is 6.72. The van der Waals surface area contributed by atoms with Crippen LogP contribution in [0, 0.1) is 0 Å². The standard InChI is InChI=1S/C21H22N2O5S/c1-12-18(20(25)28-4)19(13-5-10-16(24)17(11-13)27-3)22-21(29)23(12)14-6-8-15(26-2)9-7-14/h5-11,19,24H,1-4H3,(H,22,29). The number of hydrogen-bond donors (Lipinski definition) is 2. The molecule has 1 aliphatic heterocycles. The van der Waals surface area contributed by atoms with Gasteiger partial charge in [0, 0.05) is 11.4 Å². The minimum atomic E-state index is -0.557. The third-order valence-corrected chi connectivity index (χ3v) is 5.06. The van der Waals surface area contributed by atoms with Crippen molar-refractivity contribution in [2.45, 2.75) is 13.0 Å². The van der Waals surface area contributed by atoms with Gasteiger partial charge in [0.15, 0.2) is 16.6 Å². The molecular weight excluding hydrogens is 392 g/mol. The number of aromatic hydroxyl groups is 1. The largest absolute Gasteiger partial charge is 0.504 e. The Hall–Kier alpha value is -3.26. The number of thiocarbonyl (C=S) groups is 1. The maximum absolute atomic E-state index is 12.7. The fourth-order valence-corrected chi connectivity index (χ4v) is 3.64. The SMILES string of the molecule is COC(=O)C1=C(C)N(c2ccc(OC)cc2)C(=S)NC1c1ccc(O)c(OC)c1. The van der Waals surface area contributed by atoms with Crippen LogP contribution in [-0.4, -0.2) is 37.5 Å². The summed E-state index contributed by atoms with van der Waals surface area (Å²) < 4.78 is 15.4. The fourth-order valence-electron chi connectivity index (χ4n) is 3.28. The molecule has 8 heteroatoms. The lowest BCUT2D eigenvalue weighted by Crippen LogP contribution is -2.48. The number of rotatable bonds is 5. The average Bonchev–Trinajstić information content (AvgIpc) is 2.73. The van der Waals surface area contributed by atoms with Gasteiger partial charge in [-0.3, -0.25) is 4.90 Å². The van der Waals surface area contributed by atoms with E-state index in [1.807, 2.05) is 31.2 Å². The Kier molecular flexibility index (Phi) is 5.93. The molecule has 2 N–H and O–H groups in total. The first-order valence-electron chi connectivity index (χ1n) is 8.82. The number of anilines is 1. The molecule has 1 atom stereocenters. The van der Waals surface area contributed by atoms with Gasteiger partial charge in [-0.15, -0.1) is 0 Å². The highest BCUT2D eigenvalue weighted by Crippen LogP contribution is 2.37. The van der Waals surface area contributed by atoms with Crippen molar-refractivity contribution < 1.29 is 24.1 Å². The summed E-state index contributed by atoms with van der Waals surface area (Å²) in [7, 11) is 4.40. The third kappa shape index (κ3) is 3.84. The molecule has 7 nitrogen and oxygen atoms in total. The smallest absolute Gasteiger partial charge is 0.337 e. The maximum Gasteiger partial charge on any atom is 0.337 e. The first-order valence-corrected chi connectivity index (χ1v) is 9.22. The van der Waals surface area contributed by atoms with E-state index in [0.29, 0.717) is 33.4 Å². The maximum atomic E-state index is 12.7. The van der Waals surface area contributed by atoms with Gasteiger partial charge in [0.2, 0.25) is 0 Å². The predicted octanol–water partition coefficient (Wildman–Crippen LogP) is 3.29. The van der Waals surface area contributed by atoms with Crippen molar-refractivity contribution in [3.05, 3.63) is 59.3 Å². The number of nitrogens with one attached hydrogen (secondary N) is 1. The second kappa shape index (κ2) is 8.40. The summed E-state index contributed by atoms with van der Waals surface area (Å²) in [6.45, 7) is 1.81. The van der Waals surface area contributed by atoms with E-state index in [-0.39, 0.29) is 5.75 Å². The second-order valence-electron chi connectivity index (χ2n) is 6.34. The van der Waals surface area contributed by atoms with Crippen LogP contribution < -0.4 is 19.7 Å². The van der Waals surface area contributed by atoms with Gasteiger partial charge in [-0.2, -0.15) is 0 Å². The molecule has 0 bridgehead atoms. The summed E-state index contributed by atoms with van der Waals surface area (Å²) in [5.41, 5.74) is 2.53. The summed E-state index contributed by atoms with van der Waals surface area (Å²) in [6.07, 6.45) is 0. The lowest BCUT2D eigenvalue weighted by atomic mass is 9.94. The minimum absolute atomic E-state index is 0.00909. The first-order chi connectivity index (χ1) is 13.9. The Morgan fingerprint density at radius 2 is 1.79 bits per heavy atom. The molecule has 0 radical (unpaired) electrons. The molecule has 0 saturated heterocycles.